The van der Waals surface area contributed by atoms with Gasteiger partial charge in [-0.25, -0.2) is 8.42 Å². The third-order valence-corrected chi connectivity index (χ3v) is 6.98. The molecule has 0 spiro atoms. The maximum absolute atomic E-state index is 12.6. The fraction of sp³-hybridized carbons (Fsp3) is 0.286. The molecule has 31 heavy (non-hydrogen) atoms. The molecule has 1 saturated carbocycles. The largest absolute Gasteiger partial charge is 0.497 e. The van der Waals surface area contributed by atoms with Gasteiger partial charge in [-0.2, -0.15) is 4.31 Å². The zero-order valence-electron chi connectivity index (χ0n) is 17.1. The van der Waals surface area contributed by atoms with Crippen molar-refractivity contribution in [2.45, 2.75) is 30.2 Å². The molecule has 0 radical (unpaired) electrons. The molecule has 1 aliphatic rings. The van der Waals surface area contributed by atoms with Crippen LogP contribution >= 0.6 is 0 Å². The number of anilines is 1. The highest BCUT2D eigenvalue weighted by Gasteiger charge is 2.35. The molecule has 9 nitrogen and oxygen atoms in total. The summed E-state index contributed by atoms with van der Waals surface area (Å²) in [6.45, 7) is 0. The van der Waals surface area contributed by atoms with Gasteiger partial charge in [0.15, 0.2) is 0 Å². The van der Waals surface area contributed by atoms with Gasteiger partial charge in [0.25, 0.3) is 5.91 Å². The number of aromatic nitrogens is 2. The molecule has 1 aliphatic carbocycles. The average Bonchev–Trinajstić information content (AvgIpc) is 3.54. The lowest BCUT2D eigenvalue weighted by Crippen LogP contribution is -2.29. The van der Waals surface area contributed by atoms with Crippen molar-refractivity contribution in [1.29, 1.82) is 0 Å². The molecule has 1 heterocycles. The highest BCUT2D eigenvalue weighted by Crippen LogP contribution is 2.30. The molecule has 162 valence electrons. The lowest BCUT2D eigenvalue weighted by atomic mass is 10.1. The molecule has 2 aromatic carbocycles. The molecule has 0 atom stereocenters. The van der Waals surface area contributed by atoms with Crippen LogP contribution in [0, 0.1) is 0 Å². The third kappa shape index (κ3) is 4.75. The predicted octanol–water partition coefficient (Wildman–Crippen LogP) is 2.70. The number of nitrogens with one attached hydrogen (secondary N) is 1. The van der Waals surface area contributed by atoms with E-state index in [2.05, 4.69) is 15.5 Å². The van der Waals surface area contributed by atoms with E-state index in [1.807, 2.05) is 24.3 Å². The quantitative estimate of drug-likeness (QED) is 0.570. The van der Waals surface area contributed by atoms with Crippen molar-refractivity contribution in [2.24, 2.45) is 0 Å². The predicted molar refractivity (Wildman–Crippen MR) is 112 cm³/mol. The number of benzene rings is 2. The van der Waals surface area contributed by atoms with Crippen molar-refractivity contribution in [2.75, 3.05) is 19.5 Å². The number of hydrogen-bond donors (Lipinski definition) is 1. The summed E-state index contributed by atoms with van der Waals surface area (Å²) in [6.07, 6.45) is 2.16. The van der Waals surface area contributed by atoms with Gasteiger partial charge in [-0.05, 0) is 54.8 Å². The second-order valence-electron chi connectivity index (χ2n) is 7.26. The van der Waals surface area contributed by atoms with Crippen LogP contribution in [-0.2, 0) is 16.4 Å². The summed E-state index contributed by atoms with van der Waals surface area (Å²) in [5.41, 5.74) is 1.23. The summed E-state index contributed by atoms with van der Waals surface area (Å²) < 4.78 is 37.1. The first-order chi connectivity index (χ1) is 14.9. The van der Waals surface area contributed by atoms with Crippen LogP contribution in [0.15, 0.2) is 57.8 Å². The van der Waals surface area contributed by atoms with Crippen LogP contribution in [-0.4, -0.2) is 49.0 Å². The maximum Gasteiger partial charge on any atom is 0.322 e. The van der Waals surface area contributed by atoms with Gasteiger partial charge in [0.05, 0.1) is 18.4 Å². The van der Waals surface area contributed by atoms with Crippen molar-refractivity contribution < 1.29 is 22.4 Å². The van der Waals surface area contributed by atoms with Crippen molar-refractivity contribution in [3.8, 4) is 5.75 Å². The fourth-order valence-corrected chi connectivity index (χ4v) is 4.46. The van der Waals surface area contributed by atoms with Crippen LogP contribution in [0.2, 0.25) is 0 Å². The van der Waals surface area contributed by atoms with E-state index in [4.69, 9.17) is 9.15 Å². The standard InChI is InChI=1S/C21H22N4O5S/c1-25(16-7-8-16)31(27,28)18-11-5-15(6-12-18)20(26)22-21-24-23-19(30-21)13-14-3-9-17(29-2)10-4-14/h3-6,9-12,16H,7-8,13H2,1-2H3,(H,22,24,26). The Morgan fingerprint density at radius 2 is 1.81 bits per heavy atom. The van der Waals surface area contributed by atoms with E-state index < -0.39 is 15.9 Å². The third-order valence-electron chi connectivity index (χ3n) is 5.06. The van der Waals surface area contributed by atoms with Gasteiger partial charge >= 0.3 is 6.01 Å². The monoisotopic (exact) mass is 442 g/mol. The van der Waals surface area contributed by atoms with E-state index in [1.165, 1.54) is 28.6 Å². The molecule has 1 amide bonds. The average molecular weight is 442 g/mol. The second-order valence-corrected chi connectivity index (χ2v) is 9.25. The maximum atomic E-state index is 12.6. The van der Waals surface area contributed by atoms with Gasteiger partial charge < -0.3 is 9.15 Å². The first-order valence-corrected chi connectivity index (χ1v) is 11.2. The summed E-state index contributed by atoms with van der Waals surface area (Å²) in [6, 6.07) is 13.2. The first-order valence-electron chi connectivity index (χ1n) is 9.71. The highest BCUT2D eigenvalue weighted by atomic mass is 32.2. The summed E-state index contributed by atoms with van der Waals surface area (Å²) in [4.78, 5) is 12.6. The Balaban J connectivity index is 1.39. The normalized spacial score (nSPS) is 13.9. The Morgan fingerprint density at radius 3 is 2.42 bits per heavy atom. The smallest absolute Gasteiger partial charge is 0.322 e. The Bertz CT molecular complexity index is 1170. The van der Waals surface area contributed by atoms with Crippen molar-refractivity contribution >= 4 is 21.9 Å². The Hall–Kier alpha value is -3.24. The SMILES string of the molecule is COc1ccc(Cc2nnc(NC(=O)c3ccc(S(=O)(=O)N(C)C4CC4)cc3)o2)cc1. The number of sulfonamides is 1. The van der Waals surface area contributed by atoms with Crippen LogP contribution in [0.25, 0.3) is 0 Å². The van der Waals surface area contributed by atoms with Gasteiger partial charge in [-0.1, -0.05) is 17.2 Å². The lowest BCUT2D eigenvalue weighted by molar-refractivity contribution is 0.102. The molecule has 10 heteroatoms. The second kappa shape index (κ2) is 8.48. The number of carbonyl (C=O) groups excluding carboxylic acids is 1. The Morgan fingerprint density at radius 1 is 1.13 bits per heavy atom. The molecule has 1 aromatic heterocycles. The molecule has 4 rings (SSSR count). The number of amides is 1. The molecule has 0 saturated heterocycles. The summed E-state index contributed by atoms with van der Waals surface area (Å²) in [5.74, 6) is 0.629. The zero-order chi connectivity index (χ0) is 22.0. The minimum Gasteiger partial charge on any atom is -0.497 e. The highest BCUT2D eigenvalue weighted by molar-refractivity contribution is 7.89. The first kappa shape index (κ1) is 21.0. The van der Waals surface area contributed by atoms with Crippen molar-refractivity contribution in [1.82, 2.24) is 14.5 Å². The van der Waals surface area contributed by atoms with Gasteiger partial charge in [0.2, 0.25) is 15.9 Å². The Labute approximate surface area is 180 Å². The molecule has 1 N–H and O–H groups in total. The number of methoxy groups -OCH3 is 1. The molecular weight excluding hydrogens is 420 g/mol. The van der Waals surface area contributed by atoms with Crippen molar-refractivity contribution in [3.63, 3.8) is 0 Å². The summed E-state index contributed by atoms with van der Waals surface area (Å²) in [7, 11) is -0.381. The fourth-order valence-electron chi connectivity index (χ4n) is 3.04. The van der Waals surface area contributed by atoms with E-state index in [-0.39, 0.29) is 22.5 Å². The van der Waals surface area contributed by atoms with E-state index >= 15 is 0 Å². The van der Waals surface area contributed by atoms with E-state index in [9.17, 15) is 13.2 Å². The molecule has 0 bridgehead atoms. The number of rotatable bonds is 8. The minimum atomic E-state index is -3.56. The van der Waals surface area contributed by atoms with Crippen LogP contribution in [0.3, 0.4) is 0 Å². The molecular formula is C21H22N4O5S. The van der Waals surface area contributed by atoms with Crippen molar-refractivity contribution in [3.05, 3.63) is 65.5 Å². The number of carbonyl (C=O) groups is 1. The molecule has 0 unspecified atom stereocenters. The molecule has 0 aliphatic heterocycles. The summed E-state index contributed by atoms with van der Waals surface area (Å²) in [5, 5.41) is 10.3. The van der Waals surface area contributed by atoms with Crippen LogP contribution in [0.4, 0.5) is 6.01 Å². The number of nitrogens with zero attached hydrogens (tertiary/aromatic N) is 3. The number of ether oxygens (including phenoxy) is 1. The lowest BCUT2D eigenvalue weighted by Gasteiger charge is -2.16. The van der Waals surface area contributed by atoms with E-state index in [0.29, 0.717) is 12.3 Å². The van der Waals surface area contributed by atoms with Gasteiger partial charge in [0, 0.05) is 18.7 Å². The van der Waals surface area contributed by atoms with Crippen LogP contribution in [0.1, 0.15) is 34.7 Å². The zero-order valence-corrected chi connectivity index (χ0v) is 17.9. The van der Waals surface area contributed by atoms with Crippen LogP contribution in [0.5, 0.6) is 5.75 Å². The minimum absolute atomic E-state index is 0.0290. The Kier molecular flexibility index (Phi) is 5.75. The van der Waals surface area contributed by atoms with Gasteiger partial charge in [-0.3, -0.25) is 10.1 Å². The van der Waals surface area contributed by atoms with E-state index in [1.54, 1.807) is 14.2 Å². The van der Waals surface area contributed by atoms with E-state index in [0.717, 1.165) is 24.2 Å². The molecule has 3 aromatic rings. The number of hydrogen-bond acceptors (Lipinski definition) is 7. The topological polar surface area (TPSA) is 115 Å². The van der Waals surface area contributed by atoms with Crippen LogP contribution < -0.4 is 10.1 Å². The molecule has 1 fully saturated rings. The van der Waals surface area contributed by atoms with Gasteiger partial charge in [-0.15, -0.1) is 5.10 Å². The van der Waals surface area contributed by atoms with Gasteiger partial charge in [0.1, 0.15) is 5.75 Å². The summed E-state index contributed by atoms with van der Waals surface area (Å²) >= 11 is 0.